The normalized spacial score (nSPS) is 8.09. The van der Waals surface area contributed by atoms with Crippen molar-refractivity contribution >= 4 is 0 Å². The highest BCUT2D eigenvalue weighted by Crippen LogP contribution is 2.03. The third-order valence-corrected chi connectivity index (χ3v) is 2.18. The fraction of sp³-hybridized carbons (Fsp3) is 0.100. The Hall–Kier alpha value is -2.78. The molecular formula is C20H24O3. The van der Waals surface area contributed by atoms with E-state index < -0.39 is 0 Å². The SMILES string of the molecule is CCO.Oc1ccccc1.Oc1ccccc1.c1ccccc1. The monoisotopic (exact) mass is 312 g/mol. The lowest BCUT2D eigenvalue weighted by Crippen LogP contribution is -1.57. The fourth-order valence-corrected chi connectivity index (χ4v) is 1.24. The van der Waals surface area contributed by atoms with Crippen molar-refractivity contribution in [2.75, 3.05) is 6.61 Å². The van der Waals surface area contributed by atoms with Gasteiger partial charge in [0.15, 0.2) is 0 Å². The Morgan fingerprint density at radius 1 is 0.522 bits per heavy atom. The second-order valence-corrected chi connectivity index (χ2v) is 4.14. The number of benzene rings is 3. The summed E-state index contributed by atoms with van der Waals surface area (Å²) in [6, 6.07) is 29.4. The van der Waals surface area contributed by atoms with Crippen molar-refractivity contribution in [3.8, 4) is 11.5 Å². The Balaban J connectivity index is 0.000000292. The molecule has 0 amide bonds. The summed E-state index contributed by atoms with van der Waals surface area (Å²) in [5.41, 5.74) is 0. The molecule has 3 heteroatoms. The Kier molecular flexibility index (Phi) is 13.7. The summed E-state index contributed by atoms with van der Waals surface area (Å²) in [7, 11) is 0. The van der Waals surface area contributed by atoms with Gasteiger partial charge >= 0.3 is 0 Å². The van der Waals surface area contributed by atoms with E-state index in [1.54, 1.807) is 55.5 Å². The van der Waals surface area contributed by atoms with E-state index in [1.807, 2.05) is 48.5 Å². The molecule has 0 saturated carbocycles. The molecule has 0 saturated heterocycles. The number of hydrogen-bond donors (Lipinski definition) is 3. The van der Waals surface area contributed by atoms with Crippen LogP contribution in [0.4, 0.5) is 0 Å². The molecule has 23 heavy (non-hydrogen) atoms. The van der Waals surface area contributed by atoms with E-state index in [9.17, 15) is 0 Å². The van der Waals surface area contributed by atoms with Gasteiger partial charge in [-0.2, -0.15) is 0 Å². The molecule has 0 atom stereocenters. The van der Waals surface area contributed by atoms with E-state index in [1.165, 1.54) is 0 Å². The molecule has 0 aliphatic heterocycles. The smallest absolute Gasteiger partial charge is 0.115 e. The standard InChI is InChI=1S/2C6H6O.C6H6.C2H6O/c2*7-6-4-2-1-3-5-6;1-2-4-6-5-3-1;1-2-3/h2*1-5,7H;1-6H;3H,2H2,1H3. The number of phenolic OH excluding ortho intramolecular Hbond substituents is 2. The van der Waals surface area contributed by atoms with Gasteiger partial charge in [-0.15, -0.1) is 0 Å². The van der Waals surface area contributed by atoms with Crippen LogP contribution in [0.5, 0.6) is 11.5 Å². The number of aromatic hydroxyl groups is 2. The quantitative estimate of drug-likeness (QED) is 0.574. The molecule has 0 unspecified atom stereocenters. The summed E-state index contributed by atoms with van der Waals surface area (Å²) in [6.07, 6.45) is 0. The molecule has 0 aliphatic carbocycles. The molecule has 0 heterocycles. The molecule has 3 aromatic rings. The van der Waals surface area contributed by atoms with Gasteiger partial charge in [0.2, 0.25) is 0 Å². The summed E-state index contributed by atoms with van der Waals surface area (Å²) in [6.45, 7) is 1.93. The lowest BCUT2D eigenvalue weighted by atomic mass is 10.3. The number of phenols is 2. The highest BCUT2D eigenvalue weighted by Gasteiger charge is 1.75. The summed E-state index contributed by atoms with van der Waals surface area (Å²) in [4.78, 5) is 0. The van der Waals surface area contributed by atoms with Crippen LogP contribution in [0.25, 0.3) is 0 Å². The minimum Gasteiger partial charge on any atom is -0.508 e. The Labute approximate surface area is 138 Å². The van der Waals surface area contributed by atoms with E-state index in [0.717, 1.165) is 0 Å². The van der Waals surface area contributed by atoms with E-state index in [-0.39, 0.29) is 6.61 Å². The number of rotatable bonds is 0. The maximum Gasteiger partial charge on any atom is 0.115 e. The molecular weight excluding hydrogens is 288 g/mol. The largest absolute Gasteiger partial charge is 0.508 e. The van der Waals surface area contributed by atoms with Crippen molar-refractivity contribution in [2.45, 2.75) is 6.92 Å². The van der Waals surface area contributed by atoms with Crippen LogP contribution in [0, 0.1) is 0 Å². The van der Waals surface area contributed by atoms with Crippen LogP contribution in [0.15, 0.2) is 97.1 Å². The molecule has 0 bridgehead atoms. The van der Waals surface area contributed by atoms with Gasteiger partial charge < -0.3 is 15.3 Å². The second kappa shape index (κ2) is 15.6. The minimum absolute atomic E-state index is 0.250. The fourth-order valence-electron chi connectivity index (χ4n) is 1.24. The van der Waals surface area contributed by atoms with Crippen molar-refractivity contribution < 1.29 is 15.3 Å². The predicted octanol–water partition coefficient (Wildman–Crippen LogP) is 4.47. The van der Waals surface area contributed by atoms with Crippen molar-refractivity contribution in [2.24, 2.45) is 0 Å². The first kappa shape index (κ1) is 20.2. The maximum atomic E-state index is 8.63. The lowest BCUT2D eigenvalue weighted by Gasteiger charge is -1.82. The van der Waals surface area contributed by atoms with Gasteiger partial charge in [0, 0.05) is 6.61 Å². The van der Waals surface area contributed by atoms with E-state index >= 15 is 0 Å². The number of hydrogen-bond acceptors (Lipinski definition) is 3. The van der Waals surface area contributed by atoms with Gasteiger partial charge in [-0.05, 0) is 31.2 Å². The van der Waals surface area contributed by atoms with Gasteiger partial charge in [0.25, 0.3) is 0 Å². The molecule has 0 aliphatic rings. The van der Waals surface area contributed by atoms with Gasteiger partial charge in [0.1, 0.15) is 11.5 Å². The molecule has 3 rings (SSSR count). The van der Waals surface area contributed by atoms with Crippen molar-refractivity contribution in [1.29, 1.82) is 0 Å². The zero-order valence-corrected chi connectivity index (χ0v) is 13.3. The van der Waals surface area contributed by atoms with Crippen molar-refractivity contribution in [3.05, 3.63) is 97.1 Å². The first-order valence-corrected chi connectivity index (χ1v) is 7.29. The first-order chi connectivity index (χ1) is 11.2. The Morgan fingerprint density at radius 3 is 0.826 bits per heavy atom. The zero-order chi connectivity index (χ0) is 17.2. The number of aliphatic hydroxyl groups excluding tert-OH is 1. The molecule has 3 N–H and O–H groups in total. The van der Waals surface area contributed by atoms with Crippen LogP contribution in [0.2, 0.25) is 0 Å². The molecule has 3 aromatic carbocycles. The zero-order valence-electron chi connectivity index (χ0n) is 13.3. The van der Waals surface area contributed by atoms with Crippen molar-refractivity contribution in [3.63, 3.8) is 0 Å². The maximum absolute atomic E-state index is 8.63. The van der Waals surface area contributed by atoms with E-state index in [2.05, 4.69) is 0 Å². The van der Waals surface area contributed by atoms with Gasteiger partial charge in [-0.1, -0.05) is 72.8 Å². The summed E-state index contributed by atoms with van der Waals surface area (Å²) < 4.78 is 0. The molecule has 3 nitrogen and oxygen atoms in total. The number of aliphatic hydroxyl groups is 1. The Morgan fingerprint density at radius 2 is 0.696 bits per heavy atom. The van der Waals surface area contributed by atoms with Crippen LogP contribution in [0.3, 0.4) is 0 Å². The van der Waals surface area contributed by atoms with Crippen molar-refractivity contribution in [1.82, 2.24) is 0 Å². The third-order valence-electron chi connectivity index (χ3n) is 2.18. The summed E-state index contributed by atoms with van der Waals surface area (Å²) >= 11 is 0. The lowest BCUT2D eigenvalue weighted by molar-refractivity contribution is 0.318. The van der Waals surface area contributed by atoms with Gasteiger partial charge in [0.05, 0.1) is 0 Å². The average Bonchev–Trinajstić information content (AvgIpc) is 2.60. The summed E-state index contributed by atoms with van der Waals surface area (Å²) in [5, 5.41) is 24.8. The topological polar surface area (TPSA) is 60.7 Å². The van der Waals surface area contributed by atoms with Gasteiger partial charge in [-0.25, -0.2) is 0 Å². The van der Waals surface area contributed by atoms with E-state index in [4.69, 9.17) is 15.3 Å². The minimum atomic E-state index is 0.250. The molecule has 0 radical (unpaired) electrons. The number of para-hydroxylation sites is 2. The van der Waals surface area contributed by atoms with Gasteiger partial charge in [-0.3, -0.25) is 0 Å². The Bertz CT molecular complexity index is 490. The third kappa shape index (κ3) is 15.4. The van der Waals surface area contributed by atoms with Crippen LogP contribution in [0.1, 0.15) is 6.92 Å². The molecule has 0 fully saturated rings. The van der Waals surface area contributed by atoms with E-state index in [0.29, 0.717) is 11.5 Å². The van der Waals surface area contributed by atoms with Crippen LogP contribution in [-0.4, -0.2) is 21.9 Å². The van der Waals surface area contributed by atoms with Crippen LogP contribution >= 0.6 is 0 Å². The highest BCUT2D eigenvalue weighted by atomic mass is 16.3. The average molecular weight is 312 g/mol. The first-order valence-electron chi connectivity index (χ1n) is 7.29. The molecule has 0 spiro atoms. The predicted molar refractivity (Wildman–Crippen MR) is 95.4 cm³/mol. The highest BCUT2D eigenvalue weighted by molar-refractivity contribution is 5.19. The van der Waals surface area contributed by atoms with Crippen LogP contribution < -0.4 is 0 Å². The molecule has 0 aromatic heterocycles. The molecule has 122 valence electrons. The summed E-state index contributed by atoms with van der Waals surface area (Å²) in [5.74, 6) is 0.644. The second-order valence-electron chi connectivity index (χ2n) is 4.14. The van der Waals surface area contributed by atoms with Crippen LogP contribution in [-0.2, 0) is 0 Å².